The van der Waals surface area contributed by atoms with Gasteiger partial charge in [-0.05, 0) is 19.8 Å². The molecule has 1 saturated heterocycles. The summed E-state index contributed by atoms with van der Waals surface area (Å²) >= 11 is 0. The zero-order valence-corrected chi connectivity index (χ0v) is 15.8. The Morgan fingerprint density at radius 1 is 1.26 bits per heavy atom. The summed E-state index contributed by atoms with van der Waals surface area (Å²) in [5.41, 5.74) is 2.46. The predicted octanol–water partition coefficient (Wildman–Crippen LogP) is 1.76. The number of hydrogen-bond donors (Lipinski definition) is 0. The highest BCUT2D eigenvalue weighted by atomic mass is 16.5. The van der Waals surface area contributed by atoms with Crippen LogP contribution in [0.15, 0.2) is 24.9 Å². The van der Waals surface area contributed by atoms with Crippen LogP contribution in [0.25, 0.3) is 0 Å². The molecule has 2 aromatic heterocycles. The minimum absolute atomic E-state index is 0.0380. The van der Waals surface area contributed by atoms with E-state index in [1.807, 2.05) is 18.0 Å². The Morgan fingerprint density at radius 3 is 2.85 bits per heavy atom. The van der Waals surface area contributed by atoms with Gasteiger partial charge in [0.25, 0.3) is 5.91 Å². The fraction of sp³-hybridized carbons (Fsp3) is 0.526. The lowest BCUT2D eigenvalue weighted by Crippen LogP contribution is -2.39. The first kappa shape index (κ1) is 19.3. The number of amides is 1. The van der Waals surface area contributed by atoms with Crippen molar-refractivity contribution in [3.63, 3.8) is 0 Å². The Bertz CT molecular complexity index is 756. The summed E-state index contributed by atoms with van der Waals surface area (Å²) in [4.78, 5) is 31.5. The summed E-state index contributed by atoms with van der Waals surface area (Å²) in [7, 11) is 1.65. The van der Waals surface area contributed by atoms with Crippen molar-refractivity contribution in [1.29, 1.82) is 0 Å². The van der Waals surface area contributed by atoms with Crippen molar-refractivity contribution in [2.24, 2.45) is 0 Å². The van der Waals surface area contributed by atoms with E-state index in [4.69, 9.17) is 9.47 Å². The molecular weight excluding hydrogens is 346 g/mol. The third kappa shape index (κ3) is 5.05. The molecule has 3 rings (SSSR count). The maximum Gasteiger partial charge on any atom is 0.257 e. The molecule has 1 atom stereocenters. The van der Waals surface area contributed by atoms with Gasteiger partial charge in [0.15, 0.2) is 0 Å². The highest BCUT2D eigenvalue weighted by molar-refractivity contribution is 5.93. The number of ether oxygens (including phenoxy) is 2. The van der Waals surface area contributed by atoms with Crippen LogP contribution < -0.4 is 0 Å². The van der Waals surface area contributed by atoms with Crippen LogP contribution >= 0.6 is 0 Å². The maximum atomic E-state index is 12.7. The smallest absolute Gasteiger partial charge is 0.257 e. The topological polar surface area (TPSA) is 90.3 Å². The lowest BCUT2D eigenvalue weighted by molar-refractivity contribution is 0.0602. The summed E-state index contributed by atoms with van der Waals surface area (Å²) in [5.74, 6) is 0.851. The van der Waals surface area contributed by atoms with Crippen LogP contribution in [0.1, 0.15) is 46.2 Å². The van der Waals surface area contributed by atoms with Gasteiger partial charge in [-0.15, -0.1) is 0 Å². The summed E-state index contributed by atoms with van der Waals surface area (Å²) in [6.45, 7) is 4.74. The highest BCUT2D eigenvalue weighted by Crippen LogP contribution is 2.29. The van der Waals surface area contributed by atoms with Gasteiger partial charge in [-0.25, -0.2) is 19.9 Å². The van der Waals surface area contributed by atoms with Crippen LogP contribution in [0.5, 0.6) is 0 Å². The first-order chi connectivity index (χ1) is 13.2. The van der Waals surface area contributed by atoms with E-state index in [1.165, 1.54) is 6.33 Å². The van der Waals surface area contributed by atoms with Gasteiger partial charge in [0, 0.05) is 50.3 Å². The molecule has 0 aromatic carbocycles. The van der Waals surface area contributed by atoms with E-state index in [-0.39, 0.29) is 11.8 Å². The molecule has 144 valence electrons. The van der Waals surface area contributed by atoms with E-state index in [9.17, 15) is 4.79 Å². The van der Waals surface area contributed by atoms with E-state index >= 15 is 0 Å². The molecule has 1 aliphatic heterocycles. The molecule has 2 aromatic rings. The SMILES string of the molecule is COCCOCc1cnc(C)nc1C1CCCN(C(=O)c2cncnc2)C1. The number of carbonyl (C=O) groups is 1. The van der Waals surface area contributed by atoms with Gasteiger partial charge < -0.3 is 14.4 Å². The van der Waals surface area contributed by atoms with Crippen molar-refractivity contribution in [2.45, 2.75) is 32.3 Å². The molecule has 0 saturated carbocycles. The van der Waals surface area contributed by atoms with Gasteiger partial charge in [0.05, 0.1) is 31.1 Å². The molecule has 0 aliphatic carbocycles. The number of aryl methyl sites for hydroxylation is 1. The lowest BCUT2D eigenvalue weighted by atomic mass is 9.91. The fourth-order valence-corrected chi connectivity index (χ4v) is 3.28. The molecule has 0 bridgehead atoms. The Hall–Kier alpha value is -2.45. The monoisotopic (exact) mass is 371 g/mol. The quantitative estimate of drug-likeness (QED) is 0.685. The van der Waals surface area contributed by atoms with E-state index in [2.05, 4.69) is 19.9 Å². The Balaban J connectivity index is 1.73. The van der Waals surface area contributed by atoms with E-state index in [1.54, 1.807) is 19.5 Å². The van der Waals surface area contributed by atoms with Gasteiger partial charge >= 0.3 is 0 Å². The highest BCUT2D eigenvalue weighted by Gasteiger charge is 2.28. The zero-order valence-electron chi connectivity index (χ0n) is 15.8. The molecule has 0 N–H and O–H groups in total. The largest absolute Gasteiger partial charge is 0.382 e. The number of piperidine rings is 1. The molecule has 0 spiro atoms. The van der Waals surface area contributed by atoms with Crippen LogP contribution in [0.2, 0.25) is 0 Å². The summed E-state index contributed by atoms with van der Waals surface area (Å²) in [6.07, 6.45) is 8.28. The zero-order chi connectivity index (χ0) is 19.1. The molecule has 0 radical (unpaired) electrons. The van der Waals surface area contributed by atoms with Gasteiger partial charge in [-0.3, -0.25) is 4.79 Å². The number of aromatic nitrogens is 4. The Morgan fingerprint density at radius 2 is 2.07 bits per heavy atom. The lowest BCUT2D eigenvalue weighted by Gasteiger charge is -2.33. The number of hydrogen-bond acceptors (Lipinski definition) is 7. The minimum Gasteiger partial charge on any atom is -0.382 e. The number of carbonyl (C=O) groups excluding carboxylic acids is 1. The number of rotatable bonds is 7. The third-order valence-corrected chi connectivity index (χ3v) is 4.61. The van der Waals surface area contributed by atoms with Crippen molar-refractivity contribution in [1.82, 2.24) is 24.8 Å². The number of methoxy groups -OCH3 is 1. The average molecular weight is 371 g/mol. The molecule has 1 aliphatic rings. The van der Waals surface area contributed by atoms with Crippen molar-refractivity contribution < 1.29 is 14.3 Å². The molecule has 3 heterocycles. The number of likely N-dealkylation sites (tertiary alicyclic amines) is 1. The molecule has 8 heteroatoms. The molecule has 1 unspecified atom stereocenters. The normalized spacial score (nSPS) is 17.1. The number of nitrogens with zero attached hydrogens (tertiary/aromatic N) is 5. The van der Waals surface area contributed by atoms with Gasteiger partial charge in [-0.2, -0.15) is 0 Å². The van der Waals surface area contributed by atoms with Crippen LogP contribution in [0.4, 0.5) is 0 Å². The van der Waals surface area contributed by atoms with Crippen molar-refractivity contribution >= 4 is 5.91 Å². The maximum absolute atomic E-state index is 12.7. The first-order valence-electron chi connectivity index (χ1n) is 9.12. The van der Waals surface area contributed by atoms with Crippen molar-refractivity contribution in [3.05, 3.63) is 47.6 Å². The molecule has 1 amide bonds. The second kappa shape index (κ2) is 9.48. The first-order valence-corrected chi connectivity index (χ1v) is 9.12. The molecule has 1 fully saturated rings. The van der Waals surface area contributed by atoms with Crippen LogP contribution in [0, 0.1) is 6.92 Å². The molecular formula is C19H25N5O3. The van der Waals surface area contributed by atoms with Gasteiger partial charge in [-0.1, -0.05) is 0 Å². The minimum atomic E-state index is -0.0380. The van der Waals surface area contributed by atoms with Crippen LogP contribution in [0.3, 0.4) is 0 Å². The van der Waals surface area contributed by atoms with Crippen LogP contribution in [-0.2, 0) is 16.1 Å². The third-order valence-electron chi connectivity index (χ3n) is 4.61. The second-order valence-corrected chi connectivity index (χ2v) is 6.59. The summed E-state index contributed by atoms with van der Waals surface area (Å²) < 4.78 is 10.7. The summed E-state index contributed by atoms with van der Waals surface area (Å²) in [6, 6.07) is 0. The van der Waals surface area contributed by atoms with Crippen molar-refractivity contribution in [3.8, 4) is 0 Å². The summed E-state index contributed by atoms with van der Waals surface area (Å²) in [5, 5.41) is 0. The molecule has 8 nitrogen and oxygen atoms in total. The molecule has 27 heavy (non-hydrogen) atoms. The van der Waals surface area contributed by atoms with Gasteiger partial charge in [0.2, 0.25) is 0 Å². The Labute approximate surface area is 159 Å². The van der Waals surface area contributed by atoms with Crippen LogP contribution in [-0.4, -0.2) is 64.2 Å². The standard InChI is InChI=1S/C19H25N5O3/c1-14-22-10-17(12-27-7-6-26-2)18(23-14)15-4-3-5-24(11-15)19(25)16-8-20-13-21-9-16/h8-10,13,15H,3-7,11-12H2,1-2H3. The van der Waals surface area contributed by atoms with E-state index in [0.29, 0.717) is 31.9 Å². The van der Waals surface area contributed by atoms with Crippen molar-refractivity contribution in [2.75, 3.05) is 33.4 Å². The predicted molar refractivity (Wildman–Crippen MR) is 98.2 cm³/mol. The second-order valence-electron chi connectivity index (χ2n) is 6.59. The fourth-order valence-electron chi connectivity index (χ4n) is 3.28. The van der Waals surface area contributed by atoms with E-state index in [0.717, 1.165) is 36.5 Å². The van der Waals surface area contributed by atoms with Gasteiger partial charge in [0.1, 0.15) is 12.2 Å². The Kier molecular flexibility index (Phi) is 6.78. The average Bonchev–Trinajstić information content (AvgIpc) is 2.72. The van der Waals surface area contributed by atoms with E-state index < -0.39 is 0 Å².